The topological polar surface area (TPSA) is 92.6 Å². The highest BCUT2D eigenvalue weighted by Gasteiger charge is 2.67. The molecule has 0 spiro atoms. The molecular weight excluding hydrogens is 504 g/mol. The minimum absolute atomic E-state index is 0.0289. The van der Waals surface area contributed by atoms with Gasteiger partial charge in [-0.3, -0.25) is 23.9 Å². The minimum Gasteiger partial charge on any atom is -0.345 e. The number of hydrogen-bond acceptors (Lipinski definition) is 5. The Bertz CT molecular complexity index is 1390. The third-order valence-corrected chi connectivity index (χ3v) is 8.91. The number of piperidine rings is 1. The summed E-state index contributed by atoms with van der Waals surface area (Å²) in [6.07, 6.45) is 9.56. The maximum absolute atomic E-state index is 14.0. The molecule has 8 nitrogen and oxygen atoms in total. The quantitative estimate of drug-likeness (QED) is 0.406. The Morgan fingerprint density at radius 1 is 1.12 bits per heavy atom. The SMILES string of the molecule is CCC(=O)[C@@H]1C[C@@]23C[C@H]2N1C(=O)Cn1nc(C(C)=O)c2cc(CC(C)C)cc(c21)C/C=C/CCCC(=O)N(C)C3. The highest BCUT2D eigenvalue weighted by atomic mass is 16.2. The first kappa shape index (κ1) is 28.2. The van der Waals surface area contributed by atoms with Gasteiger partial charge in [0.1, 0.15) is 12.2 Å². The summed E-state index contributed by atoms with van der Waals surface area (Å²) < 4.78 is 1.69. The van der Waals surface area contributed by atoms with E-state index in [1.807, 2.05) is 14.0 Å². The molecule has 3 aliphatic rings. The minimum atomic E-state index is -0.479. The van der Waals surface area contributed by atoms with E-state index in [1.54, 1.807) is 14.5 Å². The smallest absolute Gasteiger partial charge is 0.245 e. The zero-order chi connectivity index (χ0) is 28.8. The fourth-order valence-corrected chi connectivity index (χ4v) is 6.98. The highest BCUT2D eigenvalue weighted by molar-refractivity contribution is 6.06. The monoisotopic (exact) mass is 546 g/mol. The van der Waals surface area contributed by atoms with Crippen LogP contribution in [0.15, 0.2) is 24.3 Å². The van der Waals surface area contributed by atoms with E-state index in [1.165, 1.54) is 6.92 Å². The van der Waals surface area contributed by atoms with Crippen LogP contribution in [0.25, 0.3) is 10.9 Å². The summed E-state index contributed by atoms with van der Waals surface area (Å²) in [5.41, 5.74) is 3.15. The van der Waals surface area contributed by atoms with Crippen molar-refractivity contribution in [3.63, 3.8) is 0 Å². The van der Waals surface area contributed by atoms with Gasteiger partial charge in [-0.1, -0.05) is 39.0 Å². The standard InChI is InChI=1S/C32H42N4O4/c1-6-26(38)25-16-32-17-27(32)36(25)29(40)18-35-31-23(11-9-7-8-10-12-28(39)34(5)19-32)14-22(13-20(2)3)15-24(31)30(33-35)21(4)37/h7,9,14-15,20,25,27H,6,8,10-13,16-19H2,1-5H3/b9-7+/t25-,27+,32-/m0/s1. The van der Waals surface area contributed by atoms with Gasteiger partial charge in [0, 0.05) is 50.2 Å². The van der Waals surface area contributed by atoms with Crippen molar-refractivity contribution in [3.05, 3.63) is 41.1 Å². The van der Waals surface area contributed by atoms with E-state index < -0.39 is 6.04 Å². The van der Waals surface area contributed by atoms with Crippen LogP contribution in [0.3, 0.4) is 0 Å². The van der Waals surface area contributed by atoms with Crippen LogP contribution in [0, 0.1) is 11.3 Å². The third-order valence-electron chi connectivity index (χ3n) is 8.91. The summed E-state index contributed by atoms with van der Waals surface area (Å²) in [5, 5.41) is 5.48. The maximum atomic E-state index is 14.0. The number of rotatable bonds is 5. The fourth-order valence-electron chi connectivity index (χ4n) is 6.98. The number of benzene rings is 1. The Kier molecular flexibility index (Phi) is 7.73. The normalized spacial score (nSPS) is 26.2. The van der Waals surface area contributed by atoms with Crippen LogP contribution in [0.1, 0.15) is 87.8 Å². The summed E-state index contributed by atoms with van der Waals surface area (Å²) in [4.78, 5) is 56.2. The zero-order valence-electron chi connectivity index (χ0n) is 24.5. The van der Waals surface area contributed by atoms with Crippen LogP contribution in [0.4, 0.5) is 0 Å². The molecule has 2 aliphatic heterocycles. The average Bonchev–Trinajstić information content (AvgIpc) is 3.29. The number of allylic oxidation sites excluding steroid dienone is 2. The molecule has 1 aromatic heterocycles. The van der Waals surface area contributed by atoms with Gasteiger partial charge in [0.2, 0.25) is 11.8 Å². The molecule has 214 valence electrons. The van der Waals surface area contributed by atoms with Gasteiger partial charge in [0.05, 0.1) is 11.6 Å². The second-order valence-corrected chi connectivity index (χ2v) is 12.6. The van der Waals surface area contributed by atoms with E-state index in [0.717, 1.165) is 47.7 Å². The number of amides is 2. The molecule has 0 N–H and O–H groups in total. The van der Waals surface area contributed by atoms with E-state index >= 15 is 0 Å². The summed E-state index contributed by atoms with van der Waals surface area (Å²) in [7, 11) is 1.84. The summed E-state index contributed by atoms with van der Waals surface area (Å²) in [6, 6.07) is 3.70. The second kappa shape index (κ2) is 10.9. The largest absolute Gasteiger partial charge is 0.345 e. The van der Waals surface area contributed by atoms with Gasteiger partial charge in [0.15, 0.2) is 11.6 Å². The van der Waals surface area contributed by atoms with Crippen molar-refractivity contribution >= 4 is 34.3 Å². The van der Waals surface area contributed by atoms with Gasteiger partial charge in [0.25, 0.3) is 0 Å². The molecule has 5 rings (SSSR count). The van der Waals surface area contributed by atoms with Crippen molar-refractivity contribution in [2.75, 3.05) is 13.6 Å². The van der Waals surface area contributed by atoms with Crippen molar-refractivity contribution in [1.29, 1.82) is 0 Å². The first-order chi connectivity index (χ1) is 19.0. The Labute approximate surface area is 236 Å². The van der Waals surface area contributed by atoms with E-state index in [2.05, 4.69) is 38.1 Å². The first-order valence-electron chi connectivity index (χ1n) is 14.8. The number of ketones is 2. The Hall–Kier alpha value is -3.29. The second-order valence-electron chi connectivity index (χ2n) is 12.6. The van der Waals surface area contributed by atoms with Crippen molar-refractivity contribution in [2.24, 2.45) is 11.3 Å². The fraction of sp³-hybridized carbons (Fsp3) is 0.594. The summed E-state index contributed by atoms with van der Waals surface area (Å²) in [5.74, 6) is 0.339. The molecule has 3 heterocycles. The molecule has 2 bridgehead atoms. The van der Waals surface area contributed by atoms with Crippen molar-refractivity contribution in [2.45, 2.75) is 97.7 Å². The number of Topliss-reactive ketones (excluding diaryl/α,β-unsaturated/α-hetero) is 2. The van der Waals surface area contributed by atoms with Crippen molar-refractivity contribution in [1.82, 2.24) is 19.6 Å². The number of carbonyl (C=O) groups excluding carboxylic acids is 4. The molecule has 0 unspecified atom stereocenters. The Morgan fingerprint density at radius 2 is 1.90 bits per heavy atom. The van der Waals surface area contributed by atoms with Gasteiger partial charge in [-0.25, -0.2) is 0 Å². The number of nitrogens with zero attached hydrogens (tertiary/aromatic N) is 4. The van der Waals surface area contributed by atoms with Crippen LogP contribution >= 0.6 is 0 Å². The van der Waals surface area contributed by atoms with Gasteiger partial charge < -0.3 is 9.80 Å². The predicted octanol–water partition coefficient (Wildman–Crippen LogP) is 4.52. The van der Waals surface area contributed by atoms with Crippen LogP contribution in [-0.2, 0) is 33.8 Å². The predicted molar refractivity (Wildman–Crippen MR) is 154 cm³/mol. The van der Waals surface area contributed by atoms with E-state index in [0.29, 0.717) is 43.8 Å². The Morgan fingerprint density at radius 3 is 2.60 bits per heavy atom. The molecule has 1 aromatic carbocycles. The molecule has 0 radical (unpaired) electrons. The molecule has 2 amide bonds. The van der Waals surface area contributed by atoms with E-state index in [-0.39, 0.29) is 41.4 Å². The lowest BCUT2D eigenvalue weighted by Crippen LogP contribution is -2.44. The van der Waals surface area contributed by atoms with Crippen LogP contribution in [0.5, 0.6) is 0 Å². The zero-order valence-corrected chi connectivity index (χ0v) is 24.5. The molecule has 8 heteroatoms. The first-order valence-corrected chi connectivity index (χ1v) is 14.8. The summed E-state index contributed by atoms with van der Waals surface area (Å²) >= 11 is 0. The van der Waals surface area contributed by atoms with Gasteiger partial charge in [-0.2, -0.15) is 5.10 Å². The molecule has 1 saturated heterocycles. The lowest BCUT2D eigenvalue weighted by atomic mass is 9.95. The maximum Gasteiger partial charge on any atom is 0.245 e. The van der Waals surface area contributed by atoms with Crippen molar-refractivity contribution in [3.8, 4) is 0 Å². The molecule has 40 heavy (non-hydrogen) atoms. The van der Waals surface area contributed by atoms with Gasteiger partial charge >= 0.3 is 0 Å². The third kappa shape index (κ3) is 5.25. The van der Waals surface area contributed by atoms with E-state index in [4.69, 9.17) is 5.10 Å². The van der Waals surface area contributed by atoms with Gasteiger partial charge in [-0.15, -0.1) is 0 Å². The molecule has 3 atom stereocenters. The summed E-state index contributed by atoms with van der Waals surface area (Å²) in [6.45, 7) is 8.23. The van der Waals surface area contributed by atoms with Gasteiger partial charge in [-0.05, 0) is 61.6 Å². The lowest BCUT2D eigenvalue weighted by Gasteiger charge is -2.26. The Balaban J connectivity index is 1.60. The van der Waals surface area contributed by atoms with Crippen LogP contribution < -0.4 is 0 Å². The molecule has 2 aromatic rings. The number of carbonyl (C=O) groups is 4. The average molecular weight is 547 g/mol. The van der Waals surface area contributed by atoms with E-state index in [9.17, 15) is 19.2 Å². The molecule has 1 saturated carbocycles. The molecule has 1 aliphatic carbocycles. The highest BCUT2D eigenvalue weighted by Crippen LogP contribution is 2.60. The molecular formula is C32H42N4O4. The van der Waals surface area contributed by atoms with Crippen LogP contribution in [-0.4, -0.2) is 68.6 Å². The lowest BCUT2D eigenvalue weighted by molar-refractivity contribution is -0.139. The number of aromatic nitrogens is 2. The molecule has 2 fully saturated rings. The number of hydrogen-bond donors (Lipinski definition) is 0. The van der Waals surface area contributed by atoms with Crippen molar-refractivity contribution < 1.29 is 19.2 Å². The van der Waals surface area contributed by atoms with Crippen LogP contribution in [0.2, 0.25) is 0 Å².